The zero-order chi connectivity index (χ0) is 36.0. The van der Waals surface area contributed by atoms with E-state index >= 15 is 0 Å². The van der Waals surface area contributed by atoms with Crippen molar-refractivity contribution in [2.24, 2.45) is 11.8 Å². The number of carbonyl (C=O) groups excluding carboxylic acids is 7. The summed E-state index contributed by atoms with van der Waals surface area (Å²) in [7, 11) is 2.63. The number of esters is 3. The molecule has 14 heteroatoms. The first-order valence-corrected chi connectivity index (χ1v) is 15.5. The van der Waals surface area contributed by atoms with E-state index in [-0.39, 0.29) is 73.8 Å². The molecule has 14 nitrogen and oxygen atoms in total. The number of rotatable bonds is 20. The number of hydrogen-bond donors (Lipinski definition) is 3. The summed E-state index contributed by atoms with van der Waals surface area (Å²) in [4.78, 5) is 91.6. The van der Waals surface area contributed by atoms with E-state index in [0.29, 0.717) is 25.7 Å². The van der Waals surface area contributed by atoms with Gasteiger partial charge in [0.1, 0.15) is 5.60 Å². The highest BCUT2D eigenvalue weighted by Crippen LogP contribution is 2.14. The lowest BCUT2D eigenvalue weighted by atomic mass is 10.0. The first-order valence-electron chi connectivity index (χ1n) is 15.5. The Kier molecular flexibility index (Phi) is 22.6. The summed E-state index contributed by atoms with van der Waals surface area (Å²) in [6, 6.07) is -1.38. The van der Waals surface area contributed by atoms with E-state index < -0.39 is 41.5 Å². The van der Waals surface area contributed by atoms with Crippen LogP contribution in [0.25, 0.3) is 0 Å². The van der Waals surface area contributed by atoms with Gasteiger partial charge in [-0.1, -0.05) is 13.8 Å². The summed E-state index contributed by atoms with van der Waals surface area (Å²) in [6.07, 6.45) is 3.03. The smallest absolute Gasteiger partial charge is 0.309 e. The number of methoxy groups -OCH3 is 2. The molecule has 0 fully saturated rings. The van der Waals surface area contributed by atoms with E-state index in [0.717, 1.165) is 0 Å². The van der Waals surface area contributed by atoms with Crippen molar-refractivity contribution in [2.75, 3.05) is 14.2 Å². The second kappa shape index (κ2) is 23.5. The Morgan fingerprint density at radius 2 is 0.957 bits per heavy atom. The molecule has 46 heavy (non-hydrogen) atoms. The fourth-order valence-corrected chi connectivity index (χ4v) is 3.63. The van der Waals surface area contributed by atoms with Gasteiger partial charge in [0.05, 0.1) is 38.1 Å². The number of carboxylic acid groups (broad SMARTS) is 1. The number of hydrogen-bond acceptors (Lipinski definition) is 11. The lowest BCUT2D eigenvalue weighted by Crippen LogP contribution is -2.40. The van der Waals surface area contributed by atoms with Crippen LogP contribution in [-0.4, -0.2) is 84.3 Å². The van der Waals surface area contributed by atoms with Crippen LogP contribution in [-0.2, 0) is 52.6 Å². The van der Waals surface area contributed by atoms with E-state index in [1.807, 2.05) is 0 Å². The highest BCUT2D eigenvalue weighted by molar-refractivity contribution is 5.91. The van der Waals surface area contributed by atoms with Crippen LogP contribution in [0.4, 0.5) is 0 Å². The van der Waals surface area contributed by atoms with Gasteiger partial charge in [0.2, 0.25) is 11.8 Å². The maximum absolute atomic E-state index is 12.1. The van der Waals surface area contributed by atoms with Crippen LogP contribution in [0.15, 0.2) is 0 Å². The summed E-state index contributed by atoms with van der Waals surface area (Å²) in [5, 5.41) is 13.9. The number of amides is 2. The molecule has 0 aromatic carbocycles. The van der Waals surface area contributed by atoms with Crippen LogP contribution in [0.2, 0.25) is 0 Å². The summed E-state index contributed by atoms with van der Waals surface area (Å²) in [5.41, 5.74) is -0.599. The number of Topliss-reactive ketones (excluding diaryl/α,β-unsaturated/α-hetero) is 2. The lowest BCUT2D eigenvalue weighted by Gasteiger charge is -2.22. The van der Waals surface area contributed by atoms with E-state index in [1.54, 1.807) is 34.6 Å². The Labute approximate surface area is 272 Å². The predicted molar refractivity (Wildman–Crippen MR) is 167 cm³/mol. The molecule has 0 aromatic rings. The standard InChI is InChI=1S/C18H31NO6.C14H23NO6/c1-12(17(23)25-18(3,4)5)11-14(20)13(2)19-15(21)9-7-8-10-16(22)24-6;1-9(14(19)20)8-11(16)10(2)15-12(17)6-4-5-7-13(18)21-3/h12-13H,7-11H2,1-6H3,(H,19,21);9-10H,4-8H2,1-3H3,(H,15,17)(H,19,20)/t12-,13+;9-,10+/m11/s1. The third-order valence-electron chi connectivity index (χ3n) is 6.49. The zero-order valence-corrected chi connectivity index (χ0v) is 28.8. The van der Waals surface area contributed by atoms with Gasteiger partial charge in [0.15, 0.2) is 11.6 Å². The number of unbranched alkanes of at least 4 members (excludes halogenated alkanes) is 2. The van der Waals surface area contributed by atoms with E-state index in [2.05, 4.69) is 20.1 Å². The van der Waals surface area contributed by atoms with Crippen molar-refractivity contribution in [2.45, 2.75) is 130 Å². The minimum absolute atomic E-state index is 0.0126. The fourth-order valence-electron chi connectivity index (χ4n) is 3.63. The molecule has 3 N–H and O–H groups in total. The van der Waals surface area contributed by atoms with E-state index in [9.17, 15) is 38.4 Å². The van der Waals surface area contributed by atoms with Crippen LogP contribution >= 0.6 is 0 Å². The number of nitrogens with one attached hydrogen (secondary N) is 2. The number of aliphatic carboxylic acids is 1. The predicted octanol–water partition coefficient (Wildman–Crippen LogP) is 3.07. The fraction of sp³-hybridized carbons (Fsp3) is 0.750. The highest BCUT2D eigenvalue weighted by atomic mass is 16.6. The zero-order valence-electron chi connectivity index (χ0n) is 28.8. The Bertz CT molecular complexity index is 1030. The van der Waals surface area contributed by atoms with Crippen molar-refractivity contribution in [3.63, 3.8) is 0 Å². The average molecular weight is 659 g/mol. The molecule has 0 saturated carbocycles. The molecule has 264 valence electrons. The second-order valence-electron chi connectivity index (χ2n) is 12.2. The van der Waals surface area contributed by atoms with Gasteiger partial charge in [-0.3, -0.25) is 38.4 Å². The number of ketones is 2. The molecular formula is C32H54N2O12. The van der Waals surface area contributed by atoms with Crippen molar-refractivity contribution < 1.29 is 57.7 Å². The topological polar surface area (TPSA) is 209 Å². The van der Waals surface area contributed by atoms with Gasteiger partial charge < -0.3 is 30.0 Å². The Morgan fingerprint density at radius 3 is 1.28 bits per heavy atom. The molecule has 0 aliphatic carbocycles. The quantitative estimate of drug-likeness (QED) is 0.0980. The highest BCUT2D eigenvalue weighted by Gasteiger charge is 2.26. The molecule has 0 rings (SSSR count). The van der Waals surface area contributed by atoms with Crippen molar-refractivity contribution in [1.82, 2.24) is 10.6 Å². The van der Waals surface area contributed by atoms with Gasteiger partial charge in [-0.05, 0) is 60.3 Å². The van der Waals surface area contributed by atoms with Crippen LogP contribution in [0, 0.1) is 11.8 Å². The lowest BCUT2D eigenvalue weighted by molar-refractivity contribution is -0.160. The maximum Gasteiger partial charge on any atom is 0.309 e. The third kappa shape index (κ3) is 23.5. The molecule has 0 unspecified atom stereocenters. The Balaban J connectivity index is 0. The van der Waals surface area contributed by atoms with Crippen LogP contribution in [0.3, 0.4) is 0 Å². The third-order valence-corrected chi connectivity index (χ3v) is 6.49. The number of carboxylic acids is 1. The second-order valence-corrected chi connectivity index (χ2v) is 12.2. The van der Waals surface area contributed by atoms with Crippen molar-refractivity contribution >= 4 is 47.3 Å². The molecule has 0 bridgehead atoms. The summed E-state index contributed by atoms with van der Waals surface area (Å²) >= 11 is 0. The number of ether oxygens (including phenoxy) is 3. The Morgan fingerprint density at radius 1 is 0.609 bits per heavy atom. The monoisotopic (exact) mass is 658 g/mol. The molecule has 2 amide bonds. The molecule has 0 heterocycles. The van der Waals surface area contributed by atoms with Crippen molar-refractivity contribution in [3.05, 3.63) is 0 Å². The maximum atomic E-state index is 12.1. The van der Waals surface area contributed by atoms with Crippen molar-refractivity contribution in [1.29, 1.82) is 0 Å². The first-order chi connectivity index (χ1) is 21.2. The Hall–Kier alpha value is -3.84. The van der Waals surface area contributed by atoms with Crippen LogP contribution in [0.1, 0.15) is 113 Å². The van der Waals surface area contributed by atoms with Gasteiger partial charge in [0, 0.05) is 38.5 Å². The van der Waals surface area contributed by atoms with Gasteiger partial charge in [-0.25, -0.2) is 0 Å². The largest absolute Gasteiger partial charge is 0.481 e. The molecular weight excluding hydrogens is 604 g/mol. The molecule has 0 radical (unpaired) electrons. The van der Waals surface area contributed by atoms with Gasteiger partial charge in [0.25, 0.3) is 0 Å². The van der Waals surface area contributed by atoms with Gasteiger partial charge >= 0.3 is 23.9 Å². The molecule has 0 saturated heterocycles. The minimum Gasteiger partial charge on any atom is -0.481 e. The normalized spacial score (nSPS) is 13.3. The molecule has 0 spiro atoms. The minimum atomic E-state index is -1.04. The SMILES string of the molecule is COC(=O)CCCCC(=O)N[C@@H](C)C(=O)C[C@@H](C)C(=O)O.COC(=O)CCCCC(=O)N[C@@H](C)C(=O)C[C@@H](C)C(=O)OC(C)(C)C. The van der Waals surface area contributed by atoms with Crippen LogP contribution in [0.5, 0.6) is 0 Å². The number of carbonyl (C=O) groups is 8. The van der Waals surface area contributed by atoms with E-state index in [4.69, 9.17) is 9.84 Å². The molecule has 0 aliphatic heterocycles. The van der Waals surface area contributed by atoms with Crippen molar-refractivity contribution in [3.8, 4) is 0 Å². The average Bonchev–Trinajstić information content (AvgIpc) is 2.96. The van der Waals surface area contributed by atoms with E-state index in [1.165, 1.54) is 28.1 Å². The van der Waals surface area contributed by atoms with Gasteiger partial charge in [-0.15, -0.1) is 0 Å². The molecule has 0 aromatic heterocycles. The first kappa shape index (κ1) is 44.3. The van der Waals surface area contributed by atoms with Crippen LogP contribution < -0.4 is 10.6 Å². The molecule has 0 aliphatic rings. The molecule has 4 atom stereocenters. The van der Waals surface area contributed by atoms with Gasteiger partial charge in [-0.2, -0.15) is 0 Å². The summed E-state index contributed by atoms with van der Waals surface area (Å²) < 4.78 is 14.2. The summed E-state index contributed by atoms with van der Waals surface area (Å²) in [5.74, 6) is -4.50. The summed E-state index contributed by atoms with van der Waals surface area (Å²) in [6.45, 7) is 11.5.